The second-order valence-corrected chi connectivity index (χ2v) is 6.75. The van der Waals surface area contributed by atoms with Crippen LogP contribution in [0.3, 0.4) is 0 Å². The van der Waals surface area contributed by atoms with E-state index in [0.717, 1.165) is 43.0 Å². The molecule has 6 heteroatoms. The van der Waals surface area contributed by atoms with Gasteiger partial charge in [0.15, 0.2) is 0 Å². The van der Waals surface area contributed by atoms with Gasteiger partial charge in [0.1, 0.15) is 5.01 Å². The first-order valence-corrected chi connectivity index (χ1v) is 8.94. The Morgan fingerprint density at radius 1 is 1.57 bits per heavy atom. The predicted octanol–water partition coefficient (Wildman–Crippen LogP) is 3.28. The fourth-order valence-corrected chi connectivity index (χ4v) is 3.82. The Hall–Kier alpha value is -0.650. The zero-order chi connectivity index (χ0) is 15.3. The van der Waals surface area contributed by atoms with E-state index >= 15 is 0 Å². The first-order chi connectivity index (χ1) is 10.1. The van der Waals surface area contributed by atoms with Gasteiger partial charge in [0.25, 0.3) is 0 Å². The van der Waals surface area contributed by atoms with E-state index in [1.165, 1.54) is 11.3 Å². The van der Waals surface area contributed by atoms with E-state index in [9.17, 15) is 4.79 Å². The van der Waals surface area contributed by atoms with Crippen LogP contribution in [-0.2, 0) is 21.8 Å². The Labute approximate surface area is 135 Å². The molecular weight excluding hydrogens is 308 g/mol. The topological polar surface area (TPSA) is 51.2 Å². The van der Waals surface area contributed by atoms with Crippen molar-refractivity contribution in [2.75, 3.05) is 6.61 Å². The summed E-state index contributed by atoms with van der Waals surface area (Å²) >= 11 is 7.22. The third kappa shape index (κ3) is 4.41. The molecule has 1 saturated heterocycles. The summed E-state index contributed by atoms with van der Waals surface area (Å²) in [6.45, 7) is 5.02. The van der Waals surface area contributed by atoms with E-state index < -0.39 is 0 Å². The van der Waals surface area contributed by atoms with E-state index in [2.05, 4.69) is 24.1 Å². The highest BCUT2D eigenvalue weighted by molar-refractivity contribution is 7.09. The van der Waals surface area contributed by atoms with Crippen molar-refractivity contribution >= 4 is 28.8 Å². The number of rotatable bonds is 6. The molecule has 0 radical (unpaired) electrons. The highest BCUT2D eigenvalue weighted by Crippen LogP contribution is 2.31. The van der Waals surface area contributed by atoms with Crippen LogP contribution in [0.1, 0.15) is 50.2 Å². The van der Waals surface area contributed by atoms with E-state index in [1.807, 2.05) is 5.38 Å². The number of alkyl halides is 1. The Kier molecular flexibility index (Phi) is 6.02. The summed E-state index contributed by atoms with van der Waals surface area (Å²) in [6, 6.07) is 0.207. The third-order valence-corrected chi connectivity index (χ3v) is 5.37. The molecule has 4 nitrogen and oxygen atoms in total. The lowest BCUT2D eigenvalue weighted by molar-refractivity contribution is -0.125. The van der Waals surface area contributed by atoms with Gasteiger partial charge in [-0.3, -0.25) is 4.79 Å². The molecular formula is C15H23ClN2O2S. The van der Waals surface area contributed by atoms with Crippen LogP contribution in [0.2, 0.25) is 0 Å². The molecule has 2 rings (SSSR count). The smallest absolute Gasteiger partial charge is 0.227 e. The Bertz CT molecular complexity index is 474. The number of halogens is 1. The van der Waals surface area contributed by atoms with Crippen molar-refractivity contribution in [3.05, 3.63) is 16.1 Å². The second-order valence-electron chi connectivity index (χ2n) is 5.54. The summed E-state index contributed by atoms with van der Waals surface area (Å²) in [5.41, 5.74) is 0.773. The number of aromatic nitrogens is 1. The minimum absolute atomic E-state index is 0.0403. The molecule has 1 aromatic heterocycles. The molecule has 1 fully saturated rings. The van der Waals surface area contributed by atoms with Gasteiger partial charge in [0.05, 0.1) is 23.6 Å². The van der Waals surface area contributed by atoms with Crippen LogP contribution in [0.25, 0.3) is 0 Å². The first-order valence-electron chi connectivity index (χ1n) is 7.53. The predicted molar refractivity (Wildman–Crippen MR) is 85.8 cm³/mol. The van der Waals surface area contributed by atoms with Gasteiger partial charge in [-0.15, -0.1) is 22.9 Å². The normalized spacial score (nSPS) is 21.2. The lowest BCUT2D eigenvalue weighted by atomic mass is 9.86. The largest absolute Gasteiger partial charge is 0.375 e. The first kappa shape index (κ1) is 16.7. The van der Waals surface area contributed by atoms with Crippen LogP contribution >= 0.6 is 22.9 Å². The molecule has 1 aliphatic rings. The van der Waals surface area contributed by atoms with E-state index in [4.69, 9.17) is 16.3 Å². The zero-order valence-electron chi connectivity index (χ0n) is 12.7. The average molecular weight is 331 g/mol. The lowest BCUT2D eigenvalue weighted by Gasteiger charge is -2.40. The molecule has 1 aliphatic heterocycles. The van der Waals surface area contributed by atoms with Crippen molar-refractivity contribution < 1.29 is 9.53 Å². The maximum atomic E-state index is 12.1. The number of hydrogen-bond acceptors (Lipinski definition) is 4. The Balaban J connectivity index is 1.87. The lowest BCUT2D eigenvalue weighted by Crippen LogP contribution is -2.48. The number of hydrogen-bond donors (Lipinski definition) is 1. The summed E-state index contributed by atoms with van der Waals surface area (Å²) in [5.74, 6) is 0.437. The van der Waals surface area contributed by atoms with Crippen LogP contribution in [0.4, 0.5) is 0 Å². The van der Waals surface area contributed by atoms with E-state index in [1.54, 1.807) is 0 Å². The van der Waals surface area contributed by atoms with Gasteiger partial charge in [-0.1, -0.05) is 13.8 Å². The SMILES string of the molecule is CCC1(CC)CC(NC(=O)Cc2nc(CCl)cs2)CCO1. The minimum Gasteiger partial charge on any atom is -0.375 e. The van der Waals surface area contributed by atoms with Crippen molar-refractivity contribution in [1.29, 1.82) is 0 Å². The summed E-state index contributed by atoms with van der Waals surface area (Å²) in [7, 11) is 0. The van der Waals surface area contributed by atoms with E-state index in [0.29, 0.717) is 12.3 Å². The highest BCUT2D eigenvalue weighted by atomic mass is 35.5. The number of thiazole rings is 1. The summed E-state index contributed by atoms with van der Waals surface area (Å²) < 4.78 is 5.94. The molecule has 0 aliphatic carbocycles. The molecule has 0 aromatic carbocycles. The molecule has 1 N–H and O–H groups in total. The van der Waals surface area contributed by atoms with Crippen molar-refractivity contribution in [3.63, 3.8) is 0 Å². The molecule has 1 unspecified atom stereocenters. The highest BCUT2D eigenvalue weighted by Gasteiger charge is 2.35. The summed E-state index contributed by atoms with van der Waals surface area (Å²) in [5, 5.41) is 5.87. The molecule has 21 heavy (non-hydrogen) atoms. The third-order valence-electron chi connectivity index (χ3n) is 4.19. The van der Waals surface area contributed by atoms with Gasteiger partial charge < -0.3 is 10.1 Å². The molecule has 118 valence electrons. The number of carbonyl (C=O) groups excluding carboxylic acids is 1. The second kappa shape index (κ2) is 7.56. The number of ether oxygens (including phenoxy) is 1. The van der Waals surface area contributed by atoms with Gasteiger partial charge in [-0.2, -0.15) is 0 Å². The zero-order valence-corrected chi connectivity index (χ0v) is 14.2. The van der Waals surface area contributed by atoms with Crippen molar-refractivity contribution in [1.82, 2.24) is 10.3 Å². The number of carbonyl (C=O) groups is 1. The van der Waals surface area contributed by atoms with Gasteiger partial charge in [-0.25, -0.2) is 4.98 Å². The fraction of sp³-hybridized carbons (Fsp3) is 0.733. The van der Waals surface area contributed by atoms with Crippen LogP contribution in [0.5, 0.6) is 0 Å². The minimum atomic E-state index is -0.0663. The van der Waals surface area contributed by atoms with Crippen LogP contribution in [0, 0.1) is 0 Å². The van der Waals surface area contributed by atoms with Gasteiger partial charge in [-0.05, 0) is 25.7 Å². The standard InChI is InChI=1S/C15H23ClN2O2S/c1-3-15(4-2)8-11(5-6-20-15)17-13(19)7-14-18-12(9-16)10-21-14/h10-11H,3-9H2,1-2H3,(H,17,19). The Morgan fingerprint density at radius 2 is 2.33 bits per heavy atom. The van der Waals surface area contributed by atoms with Crippen LogP contribution < -0.4 is 5.32 Å². The van der Waals surface area contributed by atoms with Crippen LogP contribution in [0.15, 0.2) is 5.38 Å². The summed E-state index contributed by atoms with van der Waals surface area (Å²) in [4.78, 5) is 16.5. The number of amides is 1. The molecule has 2 heterocycles. The average Bonchev–Trinajstić information content (AvgIpc) is 2.94. The number of nitrogens with one attached hydrogen (secondary N) is 1. The van der Waals surface area contributed by atoms with E-state index in [-0.39, 0.29) is 17.6 Å². The molecule has 1 amide bonds. The van der Waals surface area contributed by atoms with Crippen molar-refractivity contribution in [2.45, 2.75) is 63.5 Å². The molecule has 1 atom stereocenters. The monoisotopic (exact) mass is 330 g/mol. The quantitative estimate of drug-likeness (QED) is 0.814. The van der Waals surface area contributed by atoms with Crippen molar-refractivity contribution in [3.8, 4) is 0 Å². The molecule has 1 aromatic rings. The summed E-state index contributed by atoms with van der Waals surface area (Å²) in [6.07, 6.45) is 4.10. The van der Waals surface area contributed by atoms with Gasteiger partial charge in [0.2, 0.25) is 5.91 Å². The van der Waals surface area contributed by atoms with Crippen molar-refractivity contribution in [2.24, 2.45) is 0 Å². The Morgan fingerprint density at radius 3 is 2.95 bits per heavy atom. The van der Waals surface area contributed by atoms with Gasteiger partial charge >= 0.3 is 0 Å². The maximum absolute atomic E-state index is 12.1. The van der Waals surface area contributed by atoms with Crippen LogP contribution in [-0.4, -0.2) is 29.1 Å². The number of nitrogens with zero attached hydrogens (tertiary/aromatic N) is 1. The maximum Gasteiger partial charge on any atom is 0.227 e. The fourth-order valence-electron chi connectivity index (χ4n) is 2.80. The molecule has 0 bridgehead atoms. The molecule has 0 spiro atoms. The molecule has 0 saturated carbocycles. The van der Waals surface area contributed by atoms with Gasteiger partial charge in [0, 0.05) is 18.0 Å².